The van der Waals surface area contributed by atoms with E-state index in [1.54, 1.807) is 24.3 Å². The molecular formula is C18H14ClN3O2. The highest BCUT2D eigenvalue weighted by molar-refractivity contribution is 6.30. The number of halogens is 1. The summed E-state index contributed by atoms with van der Waals surface area (Å²) in [6.07, 6.45) is 4.41. The normalized spacial score (nSPS) is 10.2. The molecule has 0 aliphatic rings. The molecule has 0 fully saturated rings. The Morgan fingerprint density at radius 3 is 2.46 bits per heavy atom. The molecule has 0 aliphatic carbocycles. The van der Waals surface area contributed by atoms with Gasteiger partial charge in [0, 0.05) is 23.1 Å². The first-order valence-electron chi connectivity index (χ1n) is 7.25. The summed E-state index contributed by atoms with van der Waals surface area (Å²) in [5.74, 6) is 0.403. The van der Waals surface area contributed by atoms with Crippen LogP contribution < -0.4 is 10.1 Å². The van der Waals surface area contributed by atoms with Crippen LogP contribution in [0.15, 0.2) is 67.1 Å². The van der Waals surface area contributed by atoms with Crippen LogP contribution in [0.1, 0.15) is 16.1 Å². The number of benzene rings is 2. The summed E-state index contributed by atoms with van der Waals surface area (Å²) in [7, 11) is 0. The van der Waals surface area contributed by atoms with Crippen molar-refractivity contribution in [1.82, 2.24) is 9.97 Å². The van der Waals surface area contributed by atoms with Crippen molar-refractivity contribution in [3.63, 3.8) is 0 Å². The zero-order valence-corrected chi connectivity index (χ0v) is 13.4. The predicted molar refractivity (Wildman–Crippen MR) is 92.2 cm³/mol. The molecule has 1 heterocycles. The van der Waals surface area contributed by atoms with Crippen molar-refractivity contribution in [3.8, 4) is 5.75 Å². The molecule has 5 nitrogen and oxygen atoms in total. The van der Waals surface area contributed by atoms with E-state index in [1.807, 2.05) is 24.3 Å². The van der Waals surface area contributed by atoms with Crippen molar-refractivity contribution in [2.45, 2.75) is 6.61 Å². The Balaban J connectivity index is 1.57. The summed E-state index contributed by atoms with van der Waals surface area (Å²) in [5, 5.41) is 3.45. The monoisotopic (exact) mass is 339 g/mol. The van der Waals surface area contributed by atoms with Gasteiger partial charge in [-0.3, -0.25) is 9.78 Å². The van der Waals surface area contributed by atoms with E-state index in [2.05, 4.69) is 15.3 Å². The van der Waals surface area contributed by atoms with Gasteiger partial charge >= 0.3 is 0 Å². The van der Waals surface area contributed by atoms with Crippen LogP contribution in [0.5, 0.6) is 5.75 Å². The van der Waals surface area contributed by atoms with Crippen molar-refractivity contribution in [1.29, 1.82) is 0 Å². The fraction of sp³-hybridized carbons (Fsp3) is 0.0556. The van der Waals surface area contributed by atoms with E-state index in [0.29, 0.717) is 23.1 Å². The van der Waals surface area contributed by atoms with E-state index in [-0.39, 0.29) is 11.6 Å². The average molecular weight is 340 g/mol. The van der Waals surface area contributed by atoms with Gasteiger partial charge in [0.2, 0.25) is 0 Å². The van der Waals surface area contributed by atoms with Gasteiger partial charge in [0.25, 0.3) is 5.91 Å². The molecule has 0 bridgehead atoms. The Morgan fingerprint density at radius 2 is 1.79 bits per heavy atom. The third-order valence-electron chi connectivity index (χ3n) is 3.23. The van der Waals surface area contributed by atoms with Gasteiger partial charge in [-0.2, -0.15) is 0 Å². The van der Waals surface area contributed by atoms with Crippen LogP contribution in [0, 0.1) is 0 Å². The van der Waals surface area contributed by atoms with Gasteiger partial charge in [-0.15, -0.1) is 0 Å². The van der Waals surface area contributed by atoms with E-state index in [1.165, 1.54) is 18.6 Å². The minimum Gasteiger partial charge on any atom is -0.489 e. The molecule has 3 aromatic rings. The number of carbonyl (C=O) groups excluding carboxylic acids is 1. The first-order chi connectivity index (χ1) is 11.7. The van der Waals surface area contributed by atoms with Crippen molar-refractivity contribution in [3.05, 3.63) is 83.4 Å². The van der Waals surface area contributed by atoms with Gasteiger partial charge in [-0.1, -0.05) is 23.7 Å². The molecular weight excluding hydrogens is 326 g/mol. The lowest BCUT2D eigenvalue weighted by Gasteiger charge is -2.08. The number of carbonyl (C=O) groups is 1. The van der Waals surface area contributed by atoms with Gasteiger partial charge in [0.1, 0.15) is 18.1 Å². The van der Waals surface area contributed by atoms with Crippen molar-refractivity contribution in [2.24, 2.45) is 0 Å². The lowest BCUT2D eigenvalue weighted by atomic mass is 10.2. The molecule has 2 aromatic carbocycles. The second-order valence-corrected chi connectivity index (χ2v) is 5.42. The molecule has 0 aliphatic heterocycles. The van der Waals surface area contributed by atoms with Crippen LogP contribution in [0.25, 0.3) is 0 Å². The quantitative estimate of drug-likeness (QED) is 0.764. The molecule has 0 atom stereocenters. The SMILES string of the molecule is O=C(Nc1ccc(OCc2ccc(Cl)cc2)cc1)c1cnccn1. The van der Waals surface area contributed by atoms with E-state index in [4.69, 9.17) is 16.3 Å². The van der Waals surface area contributed by atoms with E-state index in [0.717, 1.165) is 5.56 Å². The highest BCUT2D eigenvalue weighted by atomic mass is 35.5. The lowest BCUT2D eigenvalue weighted by Crippen LogP contribution is -2.13. The number of aromatic nitrogens is 2. The molecule has 0 unspecified atom stereocenters. The zero-order valence-electron chi connectivity index (χ0n) is 12.6. The van der Waals surface area contributed by atoms with Crippen molar-refractivity contribution >= 4 is 23.2 Å². The van der Waals surface area contributed by atoms with Gasteiger partial charge < -0.3 is 10.1 Å². The van der Waals surface area contributed by atoms with Gasteiger partial charge in [0.05, 0.1) is 6.20 Å². The number of rotatable bonds is 5. The summed E-state index contributed by atoms with van der Waals surface area (Å²) >= 11 is 5.85. The Kier molecular flexibility index (Phi) is 5.03. The van der Waals surface area contributed by atoms with Gasteiger partial charge in [-0.25, -0.2) is 4.98 Å². The lowest BCUT2D eigenvalue weighted by molar-refractivity contribution is 0.102. The van der Waals surface area contributed by atoms with Crippen LogP contribution >= 0.6 is 11.6 Å². The van der Waals surface area contributed by atoms with E-state index >= 15 is 0 Å². The topological polar surface area (TPSA) is 64.1 Å². The maximum Gasteiger partial charge on any atom is 0.275 e. The molecule has 120 valence electrons. The van der Waals surface area contributed by atoms with E-state index in [9.17, 15) is 4.79 Å². The largest absolute Gasteiger partial charge is 0.489 e. The molecule has 1 amide bonds. The molecule has 0 saturated carbocycles. The first kappa shape index (κ1) is 16.0. The predicted octanol–water partition coefficient (Wildman–Crippen LogP) is 3.96. The zero-order chi connectivity index (χ0) is 16.8. The number of hydrogen-bond donors (Lipinski definition) is 1. The van der Waals surface area contributed by atoms with Gasteiger partial charge in [-0.05, 0) is 42.0 Å². The summed E-state index contributed by atoms with van der Waals surface area (Å²) in [6.45, 7) is 0.447. The van der Waals surface area contributed by atoms with Crippen LogP contribution in [-0.4, -0.2) is 15.9 Å². The third-order valence-corrected chi connectivity index (χ3v) is 3.48. The van der Waals surface area contributed by atoms with Crippen LogP contribution in [-0.2, 0) is 6.61 Å². The molecule has 0 saturated heterocycles. The standard InChI is InChI=1S/C18H14ClN3O2/c19-14-3-1-13(2-4-14)12-24-16-7-5-15(6-8-16)22-18(23)17-11-20-9-10-21-17/h1-11H,12H2,(H,22,23). The number of anilines is 1. The highest BCUT2D eigenvalue weighted by Crippen LogP contribution is 2.18. The summed E-state index contributed by atoms with van der Waals surface area (Å²) < 4.78 is 5.70. The van der Waals surface area contributed by atoms with Crippen molar-refractivity contribution < 1.29 is 9.53 Å². The number of amides is 1. The number of nitrogens with one attached hydrogen (secondary N) is 1. The van der Waals surface area contributed by atoms with E-state index < -0.39 is 0 Å². The van der Waals surface area contributed by atoms with Crippen molar-refractivity contribution in [2.75, 3.05) is 5.32 Å². The fourth-order valence-electron chi connectivity index (χ4n) is 1.99. The van der Waals surface area contributed by atoms with Crippen LogP contribution in [0.2, 0.25) is 5.02 Å². The summed E-state index contributed by atoms with van der Waals surface area (Å²) in [6, 6.07) is 14.6. The summed E-state index contributed by atoms with van der Waals surface area (Å²) in [5.41, 5.74) is 1.95. The fourth-order valence-corrected chi connectivity index (χ4v) is 2.12. The Morgan fingerprint density at radius 1 is 1.04 bits per heavy atom. The molecule has 24 heavy (non-hydrogen) atoms. The van der Waals surface area contributed by atoms with Crippen LogP contribution in [0.3, 0.4) is 0 Å². The second kappa shape index (κ2) is 7.57. The Labute approximate surface area is 144 Å². The van der Waals surface area contributed by atoms with Gasteiger partial charge in [0.15, 0.2) is 0 Å². The minimum atomic E-state index is -0.307. The first-order valence-corrected chi connectivity index (χ1v) is 7.63. The molecule has 0 radical (unpaired) electrons. The Hall–Kier alpha value is -2.92. The Bertz CT molecular complexity index is 806. The molecule has 6 heteroatoms. The smallest absolute Gasteiger partial charge is 0.275 e. The maximum atomic E-state index is 12.0. The molecule has 1 aromatic heterocycles. The summed E-state index contributed by atoms with van der Waals surface area (Å²) in [4.78, 5) is 19.8. The second-order valence-electron chi connectivity index (χ2n) is 4.98. The maximum absolute atomic E-state index is 12.0. The highest BCUT2D eigenvalue weighted by Gasteiger charge is 2.07. The van der Waals surface area contributed by atoms with Crippen LogP contribution in [0.4, 0.5) is 5.69 Å². The molecule has 0 spiro atoms. The molecule has 1 N–H and O–H groups in total. The number of hydrogen-bond acceptors (Lipinski definition) is 4. The average Bonchev–Trinajstić information content (AvgIpc) is 2.63. The minimum absolute atomic E-state index is 0.264. The molecule has 3 rings (SSSR count). The third kappa shape index (κ3) is 4.30. The number of ether oxygens (including phenoxy) is 1. The number of nitrogens with zero attached hydrogens (tertiary/aromatic N) is 2.